The van der Waals surface area contributed by atoms with Crippen molar-refractivity contribution in [1.82, 2.24) is 0 Å². The van der Waals surface area contributed by atoms with Crippen LogP contribution in [-0.4, -0.2) is 11.6 Å². The molecular formula is C30H22O6U. The van der Waals surface area contributed by atoms with Gasteiger partial charge in [-0.25, -0.2) is 0 Å². The number of ketones is 2. The molecule has 0 amide bonds. The van der Waals surface area contributed by atoms with Gasteiger partial charge in [0.05, 0.1) is 0 Å². The number of rotatable bonds is 6. The summed E-state index contributed by atoms with van der Waals surface area (Å²) in [7, 11) is 0. The molecule has 0 unspecified atom stereocenters. The van der Waals surface area contributed by atoms with E-state index in [1.807, 2.05) is 24.3 Å². The van der Waals surface area contributed by atoms with E-state index in [0.29, 0.717) is 22.3 Å². The van der Waals surface area contributed by atoms with Crippen molar-refractivity contribution in [3.05, 3.63) is 156 Å². The Morgan fingerprint density at radius 3 is 0.919 bits per heavy atom. The molecule has 0 saturated heterocycles. The Hall–Kier alpha value is -4.05. The van der Waals surface area contributed by atoms with E-state index >= 15 is 0 Å². The van der Waals surface area contributed by atoms with E-state index in [9.17, 15) is 19.8 Å². The third-order valence-electron chi connectivity index (χ3n) is 4.76. The molecule has 0 spiro atoms. The molecule has 182 valence electrons. The zero-order chi connectivity index (χ0) is 26.9. The van der Waals surface area contributed by atoms with E-state index in [2.05, 4.69) is 0 Å². The van der Waals surface area contributed by atoms with Gasteiger partial charge >= 0.3 is 32.3 Å². The van der Waals surface area contributed by atoms with Crippen molar-refractivity contribution in [2.75, 3.05) is 0 Å². The fourth-order valence-corrected chi connectivity index (χ4v) is 2.98. The summed E-state index contributed by atoms with van der Waals surface area (Å²) in [6.07, 6.45) is 2.26. The molecule has 0 saturated carbocycles. The molecule has 4 aromatic carbocycles. The van der Waals surface area contributed by atoms with E-state index in [-0.39, 0.29) is 23.1 Å². The Balaban J connectivity index is 0.000000235. The molecular weight excluding hydrogens is 694 g/mol. The van der Waals surface area contributed by atoms with E-state index in [4.69, 9.17) is 4.47 Å². The average Bonchev–Trinajstić information content (AvgIpc) is 2.95. The molecule has 0 aliphatic carbocycles. The Morgan fingerprint density at radius 1 is 0.459 bits per heavy atom. The Labute approximate surface area is 229 Å². The SMILES string of the molecule is O=C(/C=C(\[O-])c1ccccc1)c1ccccc1.O=C(/C=C(\[O-])c1ccccc1)c1ccccc1.[O]=[U+2]=[O]. The van der Waals surface area contributed by atoms with E-state index in [1.54, 1.807) is 97.1 Å². The van der Waals surface area contributed by atoms with Gasteiger partial charge in [0, 0.05) is 11.1 Å². The van der Waals surface area contributed by atoms with Crippen molar-refractivity contribution in [3.8, 4) is 0 Å². The van der Waals surface area contributed by atoms with Crippen LogP contribution in [0.1, 0.15) is 31.8 Å². The van der Waals surface area contributed by atoms with Crippen molar-refractivity contribution < 1.29 is 52.1 Å². The summed E-state index contributed by atoms with van der Waals surface area (Å²) in [5.74, 6) is -1.06. The van der Waals surface area contributed by atoms with Crippen LogP contribution in [-0.2, 0) is 4.47 Å². The van der Waals surface area contributed by atoms with Gasteiger partial charge in [-0.2, -0.15) is 0 Å². The average molecular weight is 717 g/mol. The molecule has 6 nitrogen and oxygen atoms in total. The second kappa shape index (κ2) is 16.6. The second-order valence-electron chi connectivity index (χ2n) is 7.29. The minimum atomic E-state index is -2.51. The van der Waals surface area contributed by atoms with Gasteiger partial charge in [0.2, 0.25) is 0 Å². The maximum absolute atomic E-state index is 11.8. The van der Waals surface area contributed by atoms with Crippen LogP contribution >= 0.6 is 0 Å². The molecule has 0 radical (unpaired) electrons. The molecule has 0 aliphatic heterocycles. The van der Waals surface area contributed by atoms with Gasteiger partial charge in [-0.05, 0) is 23.3 Å². The summed E-state index contributed by atoms with van der Waals surface area (Å²) >= 11 is -2.51. The minimum absolute atomic E-state index is 0.264. The Morgan fingerprint density at radius 2 is 0.676 bits per heavy atom. The molecule has 0 N–H and O–H groups in total. The van der Waals surface area contributed by atoms with Crippen molar-refractivity contribution in [2.24, 2.45) is 0 Å². The van der Waals surface area contributed by atoms with Crippen molar-refractivity contribution in [1.29, 1.82) is 0 Å². The normalized spacial score (nSPS) is 10.5. The van der Waals surface area contributed by atoms with Gasteiger partial charge in [-0.15, -0.1) is 0 Å². The molecule has 0 heterocycles. The molecule has 7 heteroatoms. The molecule has 4 aromatic rings. The number of carbonyl (C=O) groups excluding carboxylic acids is 2. The fourth-order valence-electron chi connectivity index (χ4n) is 2.98. The van der Waals surface area contributed by atoms with Crippen molar-refractivity contribution in [2.45, 2.75) is 0 Å². The Bertz CT molecular complexity index is 1260. The van der Waals surface area contributed by atoms with Crippen LogP contribution in [0.25, 0.3) is 11.5 Å². The number of hydrogen-bond donors (Lipinski definition) is 0. The summed E-state index contributed by atoms with van der Waals surface area (Å²) in [5, 5.41) is 23.5. The summed E-state index contributed by atoms with van der Waals surface area (Å²) in [5.41, 5.74) is 2.10. The summed E-state index contributed by atoms with van der Waals surface area (Å²) in [4.78, 5) is 23.5. The van der Waals surface area contributed by atoms with Crippen LogP contribution in [0.4, 0.5) is 0 Å². The van der Waals surface area contributed by atoms with Crippen LogP contribution in [0.15, 0.2) is 133 Å². The third-order valence-corrected chi connectivity index (χ3v) is 4.76. The first-order chi connectivity index (χ1) is 18.0. The number of benzene rings is 4. The van der Waals surface area contributed by atoms with Crippen LogP contribution in [0.2, 0.25) is 0 Å². The van der Waals surface area contributed by atoms with Crippen LogP contribution in [0, 0.1) is 27.8 Å². The number of carbonyl (C=O) groups is 2. The van der Waals surface area contributed by atoms with Gasteiger partial charge in [-0.1, -0.05) is 133 Å². The van der Waals surface area contributed by atoms with Crippen molar-refractivity contribution in [3.63, 3.8) is 0 Å². The van der Waals surface area contributed by atoms with Crippen LogP contribution < -0.4 is 10.2 Å². The molecule has 37 heavy (non-hydrogen) atoms. The van der Waals surface area contributed by atoms with Gasteiger partial charge in [0.15, 0.2) is 11.6 Å². The third kappa shape index (κ3) is 10.6. The summed E-state index contributed by atoms with van der Waals surface area (Å²) in [6, 6.07) is 35.0. The van der Waals surface area contributed by atoms with E-state index in [0.717, 1.165) is 12.2 Å². The first-order valence-corrected chi connectivity index (χ1v) is 14.4. The molecule has 0 aliphatic rings. The predicted octanol–water partition coefficient (Wildman–Crippen LogP) is 4.30. The standard InChI is InChI=1S/2C15H12O2.2O.U/c2*16-14(12-7-3-1-4-8-12)11-15(17)13-9-5-2-6-10-13;;;/h2*1-11,16H;;;/q;;;;+2/p-2/b2*14-11-;;;. The zero-order valence-corrected chi connectivity index (χ0v) is 23.8. The first kappa shape index (κ1) is 29.2. The van der Waals surface area contributed by atoms with E-state index in [1.165, 1.54) is 0 Å². The monoisotopic (exact) mass is 716 g/mol. The van der Waals surface area contributed by atoms with Crippen LogP contribution in [0.3, 0.4) is 0 Å². The molecule has 0 bridgehead atoms. The Kier molecular flexibility index (Phi) is 13.1. The second-order valence-corrected chi connectivity index (χ2v) is 7.99. The first-order valence-electron chi connectivity index (χ1n) is 11.0. The van der Waals surface area contributed by atoms with Gasteiger partial charge in [-0.3, -0.25) is 9.59 Å². The number of hydrogen-bond acceptors (Lipinski definition) is 6. The summed E-state index contributed by atoms with van der Waals surface area (Å²) in [6.45, 7) is 0. The quantitative estimate of drug-likeness (QED) is 0.167. The fraction of sp³-hybridized carbons (Fsp3) is 0. The molecule has 0 atom stereocenters. The van der Waals surface area contributed by atoms with Crippen molar-refractivity contribution >= 4 is 23.1 Å². The van der Waals surface area contributed by atoms with Crippen LogP contribution in [0.5, 0.6) is 0 Å². The van der Waals surface area contributed by atoms with Gasteiger partial charge < -0.3 is 10.2 Å². The van der Waals surface area contributed by atoms with Gasteiger partial charge in [0.1, 0.15) is 0 Å². The number of allylic oxidation sites excluding steroid dienone is 2. The van der Waals surface area contributed by atoms with E-state index < -0.39 is 27.8 Å². The van der Waals surface area contributed by atoms with Gasteiger partial charge in [0.25, 0.3) is 0 Å². The maximum atomic E-state index is 11.8. The molecule has 4 rings (SSSR count). The zero-order valence-electron chi connectivity index (χ0n) is 19.7. The predicted molar refractivity (Wildman–Crippen MR) is 132 cm³/mol. The summed E-state index contributed by atoms with van der Waals surface area (Å²) < 4.78 is 17.2. The molecule has 0 aromatic heterocycles. The topological polar surface area (TPSA) is 114 Å². The molecule has 0 fully saturated rings.